The lowest BCUT2D eigenvalue weighted by molar-refractivity contribution is -0.159. The average Bonchev–Trinajstić information content (AvgIpc) is 2.87. The number of esters is 2. The van der Waals surface area contributed by atoms with Crippen molar-refractivity contribution in [3.05, 3.63) is 47.2 Å². The molecule has 1 fully saturated rings. The third-order valence-electron chi connectivity index (χ3n) is 5.77. The van der Waals surface area contributed by atoms with Crippen molar-refractivity contribution in [2.75, 3.05) is 5.75 Å². The van der Waals surface area contributed by atoms with Crippen molar-refractivity contribution in [2.24, 2.45) is 0 Å². The third-order valence-corrected chi connectivity index (χ3v) is 7.07. The molecule has 2 aliphatic rings. The molecule has 2 unspecified atom stereocenters. The fraction of sp³-hybridized carbons (Fsp3) is 0.500. The van der Waals surface area contributed by atoms with E-state index in [-0.39, 0.29) is 17.0 Å². The minimum absolute atomic E-state index is 0.0355. The number of nitrogens with zero attached hydrogens (tertiary/aromatic N) is 1. The van der Waals surface area contributed by atoms with E-state index < -0.39 is 64.7 Å². The van der Waals surface area contributed by atoms with Crippen LogP contribution in [0, 0.1) is 0 Å². The summed E-state index contributed by atoms with van der Waals surface area (Å²) in [6, 6.07) is 6.18. The number of hydrogen-bond donors (Lipinski definition) is 3. The summed E-state index contributed by atoms with van der Waals surface area (Å²) in [6.45, 7) is 11.1. The monoisotopic (exact) mass is 604 g/mol. The first kappa shape index (κ1) is 32.4. The Bertz CT molecular complexity index is 1270. The van der Waals surface area contributed by atoms with Gasteiger partial charge in [0, 0.05) is 18.2 Å². The van der Waals surface area contributed by atoms with Crippen LogP contribution in [0.5, 0.6) is 0 Å². The van der Waals surface area contributed by atoms with Gasteiger partial charge in [-0.1, -0.05) is 30.3 Å². The molecule has 0 bridgehead atoms. The van der Waals surface area contributed by atoms with Crippen LogP contribution in [0.1, 0.15) is 60.1 Å². The summed E-state index contributed by atoms with van der Waals surface area (Å²) < 4.78 is 16.4. The van der Waals surface area contributed by atoms with Crippen LogP contribution in [0.25, 0.3) is 0 Å². The van der Waals surface area contributed by atoms with Gasteiger partial charge in [0.1, 0.15) is 34.4 Å². The van der Waals surface area contributed by atoms with Crippen LogP contribution in [0.15, 0.2) is 41.6 Å². The van der Waals surface area contributed by atoms with Crippen LogP contribution in [0.4, 0.5) is 4.79 Å². The van der Waals surface area contributed by atoms with E-state index in [4.69, 9.17) is 14.2 Å². The van der Waals surface area contributed by atoms with Gasteiger partial charge in [-0.2, -0.15) is 0 Å². The fourth-order valence-corrected chi connectivity index (χ4v) is 5.57. The molecule has 0 saturated carbocycles. The number of carbonyl (C=O) groups is 6. The normalized spacial score (nSPS) is 19.8. The van der Waals surface area contributed by atoms with Crippen LogP contribution in [-0.4, -0.2) is 75.8 Å². The zero-order chi connectivity index (χ0) is 31.4. The van der Waals surface area contributed by atoms with Crippen LogP contribution >= 0.6 is 11.8 Å². The number of carbonyl (C=O) groups excluding carboxylic acids is 6. The molecule has 3 N–H and O–H groups in total. The highest BCUT2D eigenvalue weighted by Gasteiger charge is 2.55. The summed E-state index contributed by atoms with van der Waals surface area (Å²) in [7, 11) is 0. The Hall–Kier alpha value is -4.07. The minimum atomic E-state index is -1.51. The molecule has 0 aromatic heterocycles. The maximum Gasteiger partial charge on any atom is 0.408 e. The van der Waals surface area contributed by atoms with Crippen LogP contribution in [-0.2, 0) is 38.2 Å². The summed E-state index contributed by atoms with van der Waals surface area (Å²) in [6.07, 6.45) is -1.97. The van der Waals surface area contributed by atoms with Gasteiger partial charge in [-0.15, -0.1) is 11.8 Å². The first-order valence-corrected chi connectivity index (χ1v) is 14.2. The molecule has 0 spiro atoms. The number of nitrogens with one attached hydrogen (secondary N) is 3. The molecule has 3 rings (SSSR count). The van der Waals surface area contributed by atoms with Crippen molar-refractivity contribution < 1.29 is 43.0 Å². The lowest BCUT2D eigenvalue weighted by Crippen LogP contribution is -2.70. The molecule has 228 valence electrons. The van der Waals surface area contributed by atoms with Crippen molar-refractivity contribution in [2.45, 2.75) is 83.4 Å². The molecule has 1 aromatic carbocycles. The van der Waals surface area contributed by atoms with E-state index in [9.17, 15) is 28.8 Å². The summed E-state index contributed by atoms with van der Waals surface area (Å²) in [5, 5.41) is 6.96. The Kier molecular flexibility index (Phi) is 9.92. The van der Waals surface area contributed by atoms with Crippen molar-refractivity contribution >= 4 is 48.0 Å². The van der Waals surface area contributed by atoms with Gasteiger partial charge in [0.2, 0.25) is 18.5 Å². The maximum absolute atomic E-state index is 13.7. The number of hydrogen-bond acceptors (Lipinski definition) is 10. The van der Waals surface area contributed by atoms with Gasteiger partial charge in [-0.3, -0.25) is 24.1 Å². The molecule has 0 aliphatic carbocycles. The van der Waals surface area contributed by atoms with E-state index in [1.165, 1.54) is 11.8 Å². The van der Waals surface area contributed by atoms with Crippen LogP contribution in [0.3, 0.4) is 0 Å². The van der Waals surface area contributed by atoms with Gasteiger partial charge in [-0.25, -0.2) is 9.59 Å². The average molecular weight is 605 g/mol. The third kappa shape index (κ3) is 8.02. The molecule has 42 heavy (non-hydrogen) atoms. The lowest BCUT2D eigenvalue weighted by Gasteiger charge is -2.50. The maximum atomic E-state index is 13.7. The number of fused-ring (bicyclic) bond motifs is 1. The smallest absolute Gasteiger partial charge is 0.408 e. The highest BCUT2D eigenvalue weighted by atomic mass is 32.2. The van der Waals surface area contributed by atoms with Crippen molar-refractivity contribution in [1.82, 2.24) is 20.9 Å². The number of ether oxygens (including phenoxy) is 3. The molecular formula is C28H36N4O9S. The van der Waals surface area contributed by atoms with Crippen molar-refractivity contribution in [1.29, 1.82) is 0 Å². The van der Waals surface area contributed by atoms with Gasteiger partial charge in [-0.05, 0) is 47.1 Å². The van der Waals surface area contributed by atoms with Gasteiger partial charge in [0.05, 0.1) is 0 Å². The van der Waals surface area contributed by atoms with Gasteiger partial charge >= 0.3 is 18.0 Å². The molecule has 1 aromatic rings. The molecule has 13 nitrogen and oxygen atoms in total. The molecule has 4 amide bonds. The Morgan fingerprint density at radius 2 is 1.62 bits per heavy atom. The Morgan fingerprint density at radius 1 is 1.00 bits per heavy atom. The molecule has 2 heterocycles. The van der Waals surface area contributed by atoms with Crippen LogP contribution < -0.4 is 16.0 Å². The molecule has 0 radical (unpaired) electrons. The molecule has 2 aliphatic heterocycles. The summed E-state index contributed by atoms with van der Waals surface area (Å²) in [5.41, 5.74) is -1.49. The summed E-state index contributed by atoms with van der Waals surface area (Å²) in [5.74, 6) is -2.97. The van der Waals surface area contributed by atoms with E-state index in [1.54, 1.807) is 71.9 Å². The first-order valence-electron chi connectivity index (χ1n) is 13.1. The summed E-state index contributed by atoms with van der Waals surface area (Å²) >= 11 is 1.20. The van der Waals surface area contributed by atoms with E-state index in [0.29, 0.717) is 12.0 Å². The Labute approximate surface area is 248 Å². The topological polar surface area (TPSA) is 169 Å². The highest BCUT2D eigenvalue weighted by Crippen LogP contribution is 2.42. The van der Waals surface area contributed by atoms with Gasteiger partial charge in [0.25, 0.3) is 5.91 Å². The second-order valence-electron chi connectivity index (χ2n) is 11.5. The number of benzene rings is 1. The zero-order valence-electron chi connectivity index (χ0n) is 24.5. The first-order chi connectivity index (χ1) is 19.5. The Balaban J connectivity index is 2.03. The quantitative estimate of drug-likeness (QED) is 0.124. The molecule has 14 heteroatoms. The van der Waals surface area contributed by atoms with Gasteiger partial charge < -0.3 is 30.2 Å². The number of thioether (sulfide) groups is 1. The number of amides is 4. The van der Waals surface area contributed by atoms with E-state index in [1.807, 2.05) is 0 Å². The number of β-lactam (4-membered cyclic amide) rings is 1. The van der Waals surface area contributed by atoms with Crippen molar-refractivity contribution in [3.8, 4) is 0 Å². The molecule has 1 saturated heterocycles. The standard InChI is InChI=1S/C28H36N4O9S/c1-15(34)39-22(31-21(35)18(16-11-9-8-10-12-16)30-26(38)41-28(5,6)7)17-13-42-24-19(29-14-33)23(36)32(24)20(17)25(37)40-27(2,3)4/h8-12,14,18-19,22,24H,13H2,1-7H3,(H,29,33)(H,30,38)(H,31,35)/t18?,19-,22?,24-/m1/s1. The van der Waals surface area contributed by atoms with Crippen LogP contribution in [0.2, 0.25) is 0 Å². The highest BCUT2D eigenvalue weighted by molar-refractivity contribution is 8.00. The minimum Gasteiger partial charge on any atom is -0.455 e. The largest absolute Gasteiger partial charge is 0.455 e. The van der Waals surface area contributed by atoms with Gasteiger partial charge in [0.15, 0.2) is 0 Å². The molecular weight excluding hydrogens is 568 g/mol. The van der Waals surface area contributed by atoms with E-state index in [0.717, 1.165) is 11.8 Å². The lowest BCUT2D eigenvalue weighted by atomic mass is 10.0. The second-order valence-corrected chi connectivity index (χ2v) is 12.6. The van der Waals surface area contributed by atoms with Crippen molar-refractivity contribution in [3.63, 3.8) is 0 Å². The predicted molar refractivity (Wildman–Crippen MR) is 151 cm³/mol. The van der Waals surface area contributed by atoms with E-state index in [2.05, 4.69) is 16.0 Å². The Morgan fingerprint density at radius 3 is 2.17 bits per heavy atom. The second kappa shape index (κ2) is 12.8. The molecule has 4 atom stereocenters. The summed E-state index contributed by atoms with van der Waals surface area (Å²) in [4.78, 5) is 77.2. The fourth-order valence-electron chi connectivity index (χ4n) is 4.19. The SMILES string of the molecule is CC(=O)OC(NC(=O)C(NC(=O)OC(C)(C)C)c1ccccc1)C1=C(C(=O)OC(C)(C)C)N2C(=O)[C@@H](NC=O)[C@H]2SC1. The number of alkyl carbamates (subject to hydrolysis) is 1. The predicted octanol–water partition coefficient (Wildman–Crippen LogP) is 1.88. The van der Waals surface area contributed by atoms with E-state index >= 15 is 0 Å². The zero-order valence-corrected chi connectivity index (χ0v) is 25.3. The number of rotatable bonds is 9.